The topological polar surface area (TPSA) is 12.4 Å². The van der Waals surface area contributed by atoms with Crippen LogP contribution in [-0.4, -0.2) is 5.71 Å². The van der Waals surface area contributed by atoms with Gasteiger partial charge in [0, 0.05) is 35.1 Å². The van der Waals surface area contributed by atoms with E-state index in [0.29, 0.717) is 0 Å². The molecule has 0 aromatic heterocycles. The van der Waals surface area contributed by atoms with Crippen LogP contribution in [-0.2, 0) is 20.4 Å². The van der Waals surface area contributed by atoms with Gasteiger partial charge in [0.1, 0.15) is 0 Å². The van der Waals surface area contributed by atoms with Crippen molar-refractivity contribution in [3.05, 3.63) is 26.6 Å². The molecule has 15 heavy (non-hydrogen) atoms. The van der Waals surface area contributed by atoms with E-state index in [9.17, 15) is 0 Å². The minimum Gasteiger partial charge on any atom is -0.256 e. The van der Waals surface area contributed by atoms with Crippen LogP contribution >= 0.6 is 31.9 Å². The molecule has 0 aliphatic heterocycles. The summed E-state index contributed by atoms with van der Waals surface area (Å²) in [6.45, 7) is 6.21. The number of hydrogen-bond donors (Lipinski definition) is 0. The molecule has 0 fully saturated rings. The first-order chi connectivity index (χ1) is 6.54. The van der Waals surface area contributed by atoms with E-state index >= 15 is 0 Å². The molecule has 0 aliphatic rings. The van der Waals surface area contributed by atoms with Crippen molar-refractivity contribution in [2.75, 3.05) is 0 Å². The molecule has 1 aromatic carbocycles. The smallest absolute Gasteiger partial charge is 0.0912 e. The van der Waals surface area contributed by atoms with Gasteiger partial charge in [0.15, 0.2) is 0 Å². The van der Waals surface area contributed by atoms with Crippen molar-refractivity contribution in [2.24, 2.45) is 4.99 Å². The monoisotopic (exact) mass is 423 g/mol. The van der Waals surface area contributed by atoms with Crippen LogP contribution in [0.1, 0.15) is 25.8 Å². The summed E-state index contributed by atoms with van der Waals surface area (Å²) in [7, 11) is 0. The summed E-state index contributed by atoms with van der Waals surface area (Å²) < 4.78 is 2.08. The molecule has 0 spiro atoms. The van der Waals surface area contributed by atoms with Gasteiger partial charge in [-0.2, -0.15) is 0 Å². The third-order valence-corrected chi connectivity index (χ3v) is 3.18. The molecule has 0 saturated heterocycles. The SMILES string of the molecule is CCC(C)=Nc1c(Br)cc(C)cc1Br.[Pd]. The van der Waals surface area contributed by atoms with E-state index in [-0.39, 0.29) is 20.4 Å². The molecule has 0 radical (unpaired) electrons. The van der Waals surface area contributed by atoms with Crippen LogP contribution in [0.4, 0.5) is 5.69 Å². The van der Waals surface area contributed by atoms with Crippen LogP contribution < -0.4 is 0 Å². The van der Waals surface area contributed by atoms with Crippen LogP contribution in [0.15, 0.2) is 26.1 Å². The molecule has 86 valence electrons. The van der Waals surface area contributed by atoms with E-state index in [1.165, 1.54) is 5.56 Å². The predicted octanol–water partition coefficient (Wildman–Crippen LogP) is 5.02. The predicted molar refractivity (Wildman–Crippen MR) is 69.6 cm³/mol. The summed E-state index contributed by atoms with van der Waals surface area (Å²) in [4.78, 5) is 4.54. The van der Waals surface area contributed by atoms with Gasteiger partial charge in [-0.1, -0.05) is 6.92 Å². The molecular weight excluding hydrogens is 412 g/mol. The zero-order chi connectivity index (χ0) is 10.7. The Morgan fingerprint density at radius 3 is 2.13 bits per heavy atom. The fourth-order valence-corrected chi connectivity index (χ4v) is 2.66. The summed E-state index contributed by atoms with van der Waals surface area (Å²) in [5.41, 5.74) is 3.34. The molecule has 1 rings (SSSR count). The van der Waals surface area contributed by atoms with Gasteiger partial charge in [0.2, 0.25) is 0 Å². The summed E-state index contributed by atoms with van der Waals surface area (Å²) in [6.07, 6.45) is 0.979. The second kappa shape index (κ2) is 6.96. The molecule has 0 bridgehead atoms. The normalized spacial score (nSPS) is 11.1. The van der Waals surface area contributed by atoms with Crippen LogP contribution in [0.2, 0.25) is 0 Å². The number of hydrogen-bond acceptors (Lipinski definition) is 1. The Labute approximate surface area is 122 Å². The fraction of sp³-hybridized carbons (Fsp3) is 0.364. The summed E-state index contributed by atoms with van der Waals surface area (Å²) in [6, 6.07) is 4.15. The number of benzene rings is 1. The first-order valence-electron chi connectivity index (χ1n) is 4.54. The quantitative estimate of drug-likeness (QED) is 0.466. The molecule has 0 N–H and O–H groups in total. The number of rotatable bonds is 2. The van der Waals surface area contributed by atoms with Crippen molar-refractivity contribution in [2.45, 2.75) is 27.2 Å². The van der Waals surface area contributed by atoms with Crippen LogP contribution in [0, 0.1) is 6.92 Å². The first kappa shape index (κ1) is 15.5. The van der Waals surface area contributed by atoms with Crippen molar-refractivity contribution in [1.29, 1.82) is 0 Å². The van der Waals surface area contributed by atoms with E-state index in [4.69, 9.17) is 0 Å². The van der Waals surface area contributed by atoms with Gasteiger partial charge < -0.3 is 0 Å². The van der Waals surface area contributed by atoms with Crippen molar-refractivity contribution in [1.82, 2.24) is 0 Å². The molecule has 4 heteroatoms. The molecule has 1 aromatic rings. The molecule has 0 amide bonds. The largest absolute Gasteiger partial charge is 0.256 e. The van der Waals surface area contributed by atoms with E-state index in [2.05, 4.69) is 62.8 Å². The third-order valence-electron chi connectivity index (χ3n) is 1.98. The third kappa shape index (κ3) is 4.48. The summed E-state index contributed by atoms with van der Waals surface area (Å²) in [5, 5.41) is 0. The molecule has 0 saturated carbocycles. The van der Waals surface area contributed by atoms with E-state index in [0.717, 1.165) is 26.8 Å². The van der Waals surface area contributed by atoms with Gasteiger partial charge >= 0.3 is 0 Å². The Morgan fingerprint density at radius 1 is 1.27 bits per heavy atom. The molecule has 1 nitrogen and oxygen atoms in total. The van der Waals surface area contributed by atoms with Crippen molar-refractivity contribution < 1.29 is 20.4 Å². The molecule has 0 heterocycles. The van der Waals surface area contributed by atoms with Gasteiger partial charge in [0.25, 0.3) is 0 Å². The van der Waals surface area contributed by atoms with Crippen LogP contribution in [0.25, 0.3) is 0 Å². The molecule has 0 unspecified atom stereocenters. The van der Waals surface area contributed by atoms with E-state index < -0.39 is 0 Å². The Hall–Kier alpha value is 0.512. The summed E-state index contributed by atoms with van der Waals surface area (Å²) in [5.74, 6) is 0. The fourth-order valence-electron chi connectivity index (χ4n) is 1.07. The van der Waals surface area contributed by atoms with Crippen LogP contribution in [0.3, 0.4) is 0 Å². The van der Waals surface area contributed by atoms with Gasteiger partial charge in [-0.3, -0.25) is 4.99 Å². The number of aliphatic imine (C=N–C) groups is 1. The van der Waals surface area contributed by atoms with Crippen LogP contribution in [0.5, 0.6) is 0 Å². The Morgan fingerprint density at radius 2 is 1.73 bits per heavy atom. The number of aryl methyl sites for hydroxylation is 1. The minimum absolute atomic E-state index is 0. The zero-order valence-electron chi connectivity index (χ0n) is 8.88. The van der Waals surface area contributed by atoms with Crippen molar-refractivity contribution in [3.63, 3.8) is 0 Å². The van der Waals surface area contributed by atoms with Gasteiger partial charge in [-0.15, -0.1) is 0 Å². The maximum atomic E-state index is 4.54. The van der Waals surface area contributed by atoms with Gasteiger partial charge in [-0.25, -0.2) is 0 Å². The number of halogens is 2. The maximum absolute atomic E-state index is 4.54. The van der Waals surface area contributed by atoms with Gasteiger partial charge in [-0.05, 0) is 69.8 Å². The molecule has 0 aliphatic carbocycles. The average molecular weight is 425 g/mol. The van der Waals surface area contributed by atoms with E-state index in [1.54, 1.807) is 0 Å². The second-order valence-electron chi connectivity index (χ2n) is 3.28. The molecular formula is C11H13Br2NPd. The first-order valence-corrected chi connectivity index (χ1v) is 6.13. The summed E-state index contributed by atoms with van der Waals surface area (Å²) >= 11 is 7.04. The van der Waals surface area contributed by atoms with E-state index in [1.807, 2.05) is 6.92 Å². The standard InChI is InChI=1S/C11H13Br2N.Pd/c1-4-8(3)14-11-9(12)5-7(2)6-10(11)13;/h5-6H,4H2,1-3H3;. The number of nitrogens with zero attached hydrogens (tertiary/aromatic N) is 1. The Bertz CT molecular complexity index is 352. The zero-order valence-corrected chi connectivity index (χ0v) is 13.6. The second-order valence-corrected chi connectivity index (χ2v) is 4.99. The van der Waals surface area contributed by atoms with Crippen molar-refractivity contribution in [3.8, 4) is 0 Å². The van der Waals surface area contributed by atoms with Crippen molar-refractivity contribution >= 4 is 43.3 Å². The minimum atomic E-state index is 0. The van der Waals surface area contributed by atoms with Gasteiger partial charge in [0.05, 0.1) is 5.69 Å². The maximum Gasteiger partial charge on any atom is 0.0912 e. The average Bonchev–Trinajstić information content (AvgIpc) is 2.10. The Balaban J connectivity index is 0.00000196. The molecule has 0 atom stereocenters. The Kier molecular flexibility index (Phi) is 7.20.